The Labute approximate surface area is 126 Å². The quantitative estimate of drug-likeness (QED) is 0.731. The molecule has 0 aliphatic heterocycles. The fourth-order valence-corrected chi connectivity index (χ4v) is 2.74. The van der Waals surface area contributed by atoms with E-state index >= 15 is 0 Å². The van der Waals surface area contributed by atoms with Crippen LogP contribution in [-0.4, -0.2) is 23.4 Å². The monoisotopic (exact) mass is 287 g/mol. The Morgan fingerprint density at radius 1 is 1.05 bits per heavy atom. The van der Waals surface area contributed by atoms with E-state index in [9.17, 15) is 10.2 Å². The van der Waals surface area contributed by atoms with Crippen LogP contribution < -0.4 is 5.32 Å². The zero-order chi connectivity index (χ0) is 15.3. The van der Waals surface area contributed by atoms with Crippen molar-refractivity contribution in [2.45, 2.75) is 33.2 Å². The van der Waals surface area contributed by atoms with Crippen LogP contribution in [0.3, 0.4) is 0 Å². The fourth-order valence-electron chi connectivity index (χ4n) is 2.74. The highest BCUT2D eigenvalue weighted by molar-refractivity contribution is 5.87. The van der Waals surface area contributed by atoms with Crippen LogP contribution in [0, 0.1) is 5.41 Å². The minimum absolute atomic E-state index is 0.0692. The van der Waals surface area contributed by atoms with Crippen molar-refractivity contribution >= 4 is 10.8 Å². The second-order valence-electron chi connectivity index (χ2n) is 5.75. The van der Waals surface area contributed by atoms with Gasteiger partial charge in [-0.2, -0.15) is 0 Å². The number of fused-ring (bicyclic) bond motifs is 1. The molecule has 0 aliphatic rings. The molecule has 0 saturated carbocycles. The normalized spacial score (nSPS) is 12.0. The van der Waals surface area contributed by atoms with E-state index in [1.807, 2.05) is 30.3 Å². The standard InChI is InChI=1S/C18H25NO2/c1-3-18(4-2,13-20)12-19-11-16-15-8-6-5-7-14(15)9-10-17(16)21/h5-10,19-21H,3-4,11-13H2,1-2H3. The number of hydrogen-bond donors (Lipinski definition) is 3. The Hall–Kier alpha value is -1.58. The molecule has 21 heavy (non-hydrogen) atoms. The van der Waals surface area contributed by atoms with Gasteiger partial charge in [-0.05, 0) is 29.7 Å². The van der Waals surface area contributed by atoms with Crippen LogP contribution in [-0.2, 0) is 6.54 Å². The van der Waals surface area contributed by atoms with Gasteiger partial charge in [-0.3, -0.25) is 0 Å². The molecule has 2 rings (SSSR count). The number of phenols is 1. The molecule has 3 nitrogen and oxygen atoms in total. The lowest BCUT2D eigenvalue weighted by atomic mass is 9.83. The van der Waals surface area contributed by atoms with Gasteiger partial charge in [0.05, 0.1) is 0 Å². The number of benzene rings is 2. The Balaban J connectivity index is 2.15. The van der Waals surface area contributed by atoms with Crippen molar-refractivity contribution < 1.29 is 10.2 Å². The lowest BCUT2D eigenvalue weighted by molar-refractivity contribution is 0.113. The van der Waals surface area contributed by atoms with Gasteiger partial charge in [0, 0.05) is 30.7 Å². The molecule has 0 heterocycles. The molecule has 0 atom stereocenters. The van der Waals surface area contributed by atoms with Crippen LogP contribution in [0.15, 0.2) is 36.4 Å². The van der Waals surface area contributed by atoms with Gasteiger partial charge >= 0.3 is 0 Å². The maximum Gasteiger partial charge on any atom is 0.120 e. The molecule has 3 heteroatoms. The number of phenolic OH excluding ortho intramolecular Hbond substituents is 1. The number of aliphatic hydroxyl groups is 1. The van der Waals surface area contributed by atoms with E-state index in [1.165, 1.54) is 0 Å². The molecule has 0 saturated heterocycles. The molecule has 0 aromatic heterocycles. The lowest BCUT2D eigenvalue weighted by Crippen LogP contribution is -2.36. The molecule has 0 spiro atoms. The number of aliphatic hydroxyl groups excluding tert-OH is 1. The number of nitrogens with one attached hydrogen (secondary N) is 1. The average molecular weight is 287 g/mol. The first-order valence-electron chi connectivity index (χ1n) is 7.67. The maximum atomic E-state index is 10.1. The predicted molar refractivity (Wildman–Crippen MR) is 87.4 cm³/mol. The number of rotatable bonds is 7. The highest BCUT2D eigenvalue weighted by Gasteiger charge is 2.24. The smallest absolute Gasteiger partial charge is 0.120 e. The Morgan fingerprint density at radius 2 is 1.76 bits per heavy atom. The summed E-state index contributed by atoms with van der Waals surface area (Å²) in [7, 11) is 0. The Kier molecular flexibility index (Phi) is 5.21. The lowest BCUT2D eigenvalue weighted by Gasteiger charge is -2.29. The van der Waals surface area contributed by atoms with E-state index < -0.39 is 0 Å². The molecule has 0 fully saturated rings. The van der Waals surface area contributed by atoms with Gasteiger partial charge in [-0.15, -0.1) is 0 Å². The molecule has 2 aromatic rings. The minimum Gasteiger partial charge on any atom is -0.508 e. The van der Waals surface area contributed by atoms with Crippen LogP contribution in [0.25, 0.3) is 10.8 Å². The molecule has 2 aromatic carbocycles. The molecule has 0 radical (unpaired) electrons. The van der Waals surface area contributed by atoms with Crippen LogP contribution in [0.4, 0.5) is 0 Å². The molecule has 114 valence electrons. The average Bonchev–Trinajstić information content (AvgIpc) is 2.54. The van der Waals surface area contributed by atoms with Gasteiger partial charge in [0.1, 0.15) is 5.75 Å². The SMILES string of the molecule is CCC(CC)(CO)CNCc1c(O)ccc2ccccc12. The zero-order valence-electron chi connectivity index (χ0n) is 12.9. The van der Waals surface area contributed by atoms with Crippen molar-refractivity contribution in [2.75, 3.05) is 13.2 Å². The second-order valence-corrected chi connectivity index (χ2v) is 5.75. The zero-order valence-corrected chi connectivity index (χ0v) is 12.9. The molecule has 0 unspecified atom stereocenters. The van der Waals surface area contributed by atoms with Gasteiger partial charge in [0.25, 0.3) is 0 Å². The largest absolute Gasteiger partial charge is 0.508 e. The summed E-state index contributed by atoms with van der Waals surface area (Å²) in [5, 5.41) is 25.3. The van der Waals surface area contributed by atoms with E-state index in [-0.39, 0.29) is 12.0 Å². The van der Waals surface area contributed by atoms with E-state index in [2.05, 4.69) is 19.2 Å². The molecule has 0 amide bonds. The van der Waals surface area contributed by atoms with Crippen molar-refractivity contribution in [3.63, 3.8) is 0 Å². The van der Waals surface area contributed by atoms with E-state index in [0.29, 0.717) is 12.3 Å². The third-order valence-corrected chi connectivity index (χ3v) is 4.65. The first kappa shape index (κ1) is 15.8. The fraction of sp³-hybridized carbons (Fsp3) is 0.444. The molecular formula is C18H25NO2. The van der Waals surface area contributed by atoms with Crippen LogP contribution in [0.1, 0.15) is 32.3 Å². The number of hydrogen-bond acceptors (Lipinski definition) is 3. The second kappa shape index (κ2) is 6.92. The molecule has 0 bridgehead atoms. The van der Waals surface area contributed by atoms with Crippen molar-refractivity contribution in [3.8, 4) is 5.75 Å². The topological polar surface area (TPSA) is 52.5 Å². The molecule has 3 N–H and O–H groups in total. The minimum atomic E-state index is -0.0692. The first-order valence-corrected chi connectivity index (χ1v) is 7.67. The van der Waals surface area contributed by atoms with Crippen LogP contribution in [0.2, 0.25) is 0 Å². The van der Waals surface area contributed by atoms with Crippen LogP contribution >= 0.6 is 0 Å². The van der Waals surface area contributed by atoms with Crippen LogP contribution in [0.5, 0.6) is 5.75 Å². The van der Waals surface area contributed by atoms with Crippen molar-refractivity contribution in [1.82, 2.24) is 5.32 Å². The van der Waals surface area contributed by atoms with E-state index in [4.69, 9.17) is 0 Å². The summed E-state index contributed by atoms with van der Waals surface area (Å²) in [6, 6.07) is 11.8. The number of aromatic hydroxyl groups is 1. The summed E-state index contributed by atoms with van der Waals surface area (Å²) in [6.45, 7) is 5.76. The third kappa shape index (κ3) is 3.36. The maximum absolute atomic E-state index is 10.1. The summed E-state index contributed by atoms with van der Waals surface area (Å²) in [5.74, 6) is 0.323. The summed E-state index contributed by atoms with van der Waals surface area (Å²) in [6.07, 6.45) is 1.88. The van der Waals surface area contributed by atoms with Crippen molar-refractivity contribution in [3.05, 3.63) is 42.0 Å². The van der Waals surface area contributed by atoms with E-state index in [0.717, 1.165) is 35.7 Å². The Morgan fingerprint density at radius 3 is 2.43 bits per heavy atom. The van der Waals surface area contributed by atoms with Crippen molar-refractivity contribution in [2.24, 2.45) is 5.41 Å². The van der Waals surface area contributed by atoms with Crippen molar-refractivity contribution in [1.29, 1.82) is 0 Å². The summed E-state index contributed by atoms with van der Waals surface area (Å²) in [4.78, 5) is 0. The predicted octanol–water partition coefficient (Wildman–Crippen LogP) is 3.43. The Bertz CT molecular complexity index is 583. The van der Waals surface area contributed by atoms with Gasteiger partial charge in [0.15, 0.2) is 0 Å². The molecular weight excluding hydrogens is 262 g/mol. The summed E-state index contributed by atoms with van der Waals surface area (Å²) < 4.78 is 0. The summed E-state index contributed by atoms with van der Waals surface area (Å²) >= 11 is 0. The first-order chi connectivity index (χ1) is 10.2. The van der Waals surface area contributed by atoms with Gasteiger partial charge in [-0.1, -0.05) is 44.2 Å². The van der Waals surface area contributed by atoms with Gasteiger partial charge in [0.2, 0.25) is 0 Å². The summed E-state index contributed by atoms with van der Waals surface area (Å²) in [5.41, 5.74) is 0.854. The van der Waals surface area contributed by atoms with E-state index in [1.54, 1.807) is 6.07 Å². The molecule has 0 aliphatic carbocycles. The van der Waals surface area contributed by atoms with Gasteiger partial charge < -0.3 is 15.5 Å². The highest BCUT2D eigenvalue weighted by Crippen LogP contribution is 2.28. The highest BCUT2D eigenvalue weighted by atomic mass is 16.3. The third-order valence-electron chi connectivity index (χ3n) is 4.65. The van der Waals surface area contributed by atoms with Gasteiger partial charge in [-0.25, -0.2) is 0 Å².